The minimum Gasteiger partial charge on any atom is -0.465 e. The average Bonchev–Trinajstić information content (AvgIpc) is 2.67. The largest absolute Gasteiger partial charge is 0.465 e. The summed E-state index contributed by atoms with van der Waals surface area (Å²) < 4.78 is 4.65. The van der Waals surface area contributed by atoms with Gasteiger partial charge in [0.15, 0.2) is 0 Å². The molecule has 98 valence electrons. The number of ether oxygens (including phenoxy) is 1. The van der Waals surface area contributed by atoms with Gasteiger partial charge in [0.05, 0.1) is 18.4 Å². The van der Waals surface area contributed by atoms with Gasteiger partial charge >= 0.3 is 5.97 Å². The molecular formula is C14H20N2O2. The summed E-state index contributed by atoms with van der Waals surface area (Å²) >= 11 is 0. The van der Waals surface area contributed by atoms with E-state index in [1.165, 1.54) is 32.8 Å². The van der Waals surface area contributed by atoms with Crippen molar-refractivity contribution in [2.45, 2.75) is 32.2 Å². The maximum absolute atomic E-state index is 11.3. The van der Waals surface area contributed by atoms with Crippen LogP contribution in [0.1, 0.15) is 41.7 Å². The van der Waals surface area contributed by atoms with Crippen molar-refractivity contribution in [2.24, 2.45) is 0 Å². The lowest BCUT2D eigenvalue weighted by Crippen LogP contribution is -2.24. The van der Waals surface area contributed by atoms with E-state index in [1.54, 1.807) is 12.3 Å². The number of carbonyl (C=O) groups is 1. The molecule has 2 heterocycles. The standard InChI is InChI=1S/C14H20N2O2/c1-18-14(17)12-6-7-13(15-10-12)11-16-8-4-2-3-5-9-16/h6-7,10H,2-5,8-9,11H2,1H3. The summed E-state index contributed by atoms with van der Waals surface area (Å²) in [6.45, 7) is 3.18. The van der Waals surface area contributed by atoms with Crippen molar-refractivity contribution in [3.8, 4) is 0 Å². The number of pyridine rings is 1. The summed E-state index contributed by atoms with van der Waals surface area (Å²) in [7, 11) is 1.38. The number of methoxy groups -OCH3 is 1. The Morgan fingerprint density at radius 1 is 1.28 bits per heavy atom. The molecule has 0 N–H and O–H groups in total. The summed E-state index contributed by atoms with van der Waals surface area (Å²) in [5.74, 6) is -0.330. The molecule has 4 nitrogen and oxygen atoms in total. The van der Waals surface area contributed by atoms with Gasteiger partial charge < -0.3 is 4.74 Å². The van der Waals surface area contributed by atoms with Crippen molar-refractivity contribution < 1.29 is 9.53 Å². The molecule has 1 saturated heterocycles. The molecule has 1 aromatic heterocycles. The first-order valence-corrected chi connectivity index (χ1v) is 6.55. The number of rotatable bonds is 3. The molecule has 0 spiro atoms. The third-order valence-electron chi connectivity index (χ3n) is 3.33. The fourth-order valence-electron chi connectivity index (χ4n) is 2.28. The van der Waals surface area contributed by atoms with Crippen LogP contribution in [0.15, 0.2) is 18.3 Å². The molecule has 0 atom stereocenters. The van der Waals surface area contributed by atoms with Crippen LogP contribution in [-0.4, -0.2) is 36.1 Å². The molecule has 18 heavy (non-hydrogen) atoms. The van der Waals surface area contributed by atoms with E-state index in [9.17, 15) is 4.79 Å². The second kappa shape index (κ2) is 6.50. The Morgan fingerprint density at radius 3 is 2.56 bits per heavy atom. The van der Waals surface area contributed by atoms with Gasteiger partial charge in [0.2, 0.25) is 0 Å². The Balaban J connectivity index is 1.94. The minimum atomic E-state index is -0.330. The minimum absolute atomic E-state index is 0.330. The van der Waals surface area contributed by atoms with Crippen molar-refractivity contribution in [1.29, 1.82) is 0 Å². The maximum atomic E-state index is 11.3. The van der Waals surface area contributed by atoms with Crippen molar-refractivity contribution in [3.63, 3.8) is 0 Å². The molecule has 0 amide bonds. The van der Waals surface area contributed by atoms with E-state index in [1.807, 2.05) is 6.07 Å². The van der Waals surface area contributed by atoms with Gasteiger partial charge in [-0.25, -0.2) is 4.79 Å². The Bertz CT molecular complexity index is 381. The Labute approximate surface area is 108 Å². The van der Waals surface area contributed by atoms with Gasteiger partial charge in [-0.15, -0.1) is 0 Å². The molecule has 0 aliphatic carbocycles. The maximum Gasteiger partial charge on any atom is 0.339 e. The first kappa shape index (κ1) is 13.0. The van der Waals surface area contributed by atoms with E-state index in [0.717, 1.165) is 25.3 Å². The first-order chi connectivity index (χ1) is 8.79. The monoisotopic (exact) mass is 248 g/mol. The van der Waals surface area contributed by atoms with E-state index in [2.05, 4.69) is 14.6 Å². The highest BCUT2D eigenvalue weighted by Gasteiger charge is 2.11. The van der Waals surface area contributed by atoms with Crippen LogP contribution in [0.2, 0.25) is 0 Å². The predicted octanol–water partition coefficient (Wildman–Crippen LogP) is 2.24. The van der Waals surface area contributed by atoms with Crippen LogP contribution >= 0.6 is 0 Å². The van der Waals surface area contributed by atoms with E-state index >= 15 is 0 Å². The summed E-state index contributed by atoms with van der Waals surface area (Å²) in [6.07, 6.45) is 6.83. The third-order valence-corrected chi connectivity index (χ3v) is 3.33. The van der Waals surface area contributed by atoms with Crippen molar-refractivity contribution in [3.05, 3.63) is 29.6 Å². The van der Waals surface area contributed by atoms with E-state index < -0.39 is 0 Å². The summed E-state index contributed by atoms with van der Waals surface area (Å²) in [5, 5.41) is 0. The zero-order chi connectivity index (χ0) is 12.8. The molecule has 4 heteroatoms. The first-order valence-electron chi connectivity index (χ1n) is 6.55. The number of likely N-dealkylation sites (tertiary alicyclic amines) is 1. The van der Waals surface area contributed by atoms with Crippen LogP contribution in [0.25, 0.3) is 0 Å². The fourth-order valence-corrected chi connectivity index (χ4v) is 2.28. The Kier molecular flexibility index (Phi) is 4.70. The number of hydrogen-bond acceptors (Lipinski definition) is 4. The summed E-state index contributed by atoms with van der Waals surface area (Å²) in [6, 6.07) is 3.70. The van der Waals surface area contributed by atoms with Crippen LogP contribution in [0.5, 0.6) is 0 Å². The highest BCUT2D eigenvalue weighted by atomic mass is 16.5. The zero-order valence-electron chi connectivity index (χ0n) is 10.9. The number of hydrogen-bond donors (Lipinski definition) is 0. The van der Waals surface area contributed by atoms with Gasteiger partial charge in [0, 0.05) is 12.7 Å². The number of aromatic nitrogens is 1. The Morgan fingerprint density at radius 2 is 2.00 bits per heavy atom. The van der Waals surface area contributed by atoms with Crippen LogP contribution in [0.3, 0.4) is 0 Å². The zero-order valence-corrected chi connectivity index (χ0v) is 10.9. The highest BCUT2D eigenvalue weighted by molar-refractivity contribution is 5.88. The van der Waals surface area contributed by atoms with Gasteiger partial charge in [-0.3, -0.25) is 9.88 Å². The molecule has 0 radical (unpaired) electrons. The molecule has 1 aliphatic rings. The number of nitrogens with zero attached hydrogens (tertiary/aromatic N) is 2. The van der Waals surface area contributed by atoms with Crippen molar-refractivity contribution >= 4 is 5.97 Å². The Hall–Kier alpha value is -1.42. The molecule has 1 fully saturated rings. The number of esters is 1. The normalized spacial score (nSPS) is 17.2. The van der Waals surface area contributed by atoms with Crippen molar-refractivity contribution in [1.82, 2.24) is 9.88 Å². The fraction of sp³-hybridized carbons (Fsp3) is 0.571. The topological polar surface area (TPSA) is 42.4 Å². The van der Waals surface area contributed by atoms with Crippen molar-refractivity contribution in [2.75, 3.05) is 20.2 Å². The van der Waals surface area contributed by atoms with Crippen LogP contribution in [-0.2, 0) is 11.3 Å². The molecular weight excluding hydrogens is 228 g/mol. The van der Waals surface area contributed by atoms with Gasteiger partial charge in [0.25, 0.3) is 0 Å². The smallest absolute Gasteiger partial charge is 0.339 e. The lowest BCUT2D eigenvalue weighted by Gasteiger charge is -2.19. The van der Waals surface area contributed by atoms with Gasteiger partial charge in [-0.1, -0.05) is 12.8 Å². The second-order valence-corrected chi connectivity index (χ2v) is 4.72. The number of carbonyl (C=O) groups excluding carboxylic acids is 1. The van der Waals surface area contributed by atoms with Gasteiger partial charge in [-0.2, -0.15) is 0 Å². The van der Waals surface area contributed by atoms with E-state index in [0.29, 0.717) is 5.56 Å². The molecule has 1 aliphatic heterocycles. The molecule has 0 bridgehead atoms. The summed E-state index contributed by atoms with van der Waals surface area (Å²) in [5.41, 5.74) is 1.53. The average molecular weight is 248 g/mol. The summed E-state index contributed by atoms with van der Waals surface area (Å²) in [4.78, 5) is 18.1. The van der Waals surface area contributed by atoms with Crippen LogP contribution in [0, 0.1) is 0 Å². The lowest BCUT2D eigenvalue weighted by atomic mass is 10.2. The van der Waals surface area contributed by atoms with Crippen LogP contribution < -0.4 is 0 Å². The third kappa shape index (κ3) is 3.53. The molecule has 0 unspecified atom stereocenters. The van der Waals surface area contributed by atoms with E-state index in [-0.39, 0.29) is 5.97 Å². The van der Waals surface area contributed by atoms with E-state index in [4.69, 9.17) is 0 Å². The van der Waals surface area contributed by atoms with Gasteiger partial charge in [-0.05, 0) is 38.1 Å². The predicted molar refractivity (Wildman–Crippen MR) is 69.3 cm³/mol. The highest BCUT2D eigenvalue weighted by Crippen LogP contribution is 2.12. The lowest BCUT2D eigenvalue weighted by molar-refractivity contribution is 0.0600. The quantitative estimate of drug-likeness (QED) is 0.769. The molecule has 0 aromatic carbocycles. The SMILES string of the molecule is COC(=O)c1ccc(CN2CCCCCC2)nc1. The molecule has 2 rings (SSSR count). The second-order valence-electron chi connectivity index (χ2n) is 4.72. The van der Waals surface area contributed by atoms with Crippen LogP contribution in [0.4, 0.5) is 0 Å². The van der Waals surface area contributed by atoms with Gasteiger partial charge in [0.1, 0.15) is 0 Å². The molecule has 1 aromatic rings. The molecule has 0 saturated carbocycles.